The molecule has 0 unspecified atom stereocenters. The van der Waals surface area contributed by atoms with Crippen LogP contribution in [0.5, 0.6) is 0 Å². The van der Waals surface area contributed by atoms with E-state index in [1.807, 2.05) is 18.2 Å². The lowest BCUT2D eigenvalue weighted by molar-refractivity contribution is 0.0297. The number of aromatic nitrogens is 5. The van der Waals surface area contributed by atoms with Gasteiger partial charge in [-0.05, 0) is 48.1 Å². The number of hydrogen-bond acceptors (Lipinski definition) is 9. The molecule has 0 N–H and O–H groups in total. The Morgan fingerprint density at radius 3 is 2.46 bits per heavy atom. The molecule has 2 aliphatic heterocycles. The quantitative estimate of drug-likeness (QED) is 0.659. The third kappa shape index (κ3) is 3.49. The highest BCUT2D eigenvalue weighted by Crippen LogP contribution is 2.32. The minimum Gasteiger partial charge on any atom is -0.370 e. The van der Waals surface area contributed by atoms with Crippen molar-refractivity contribution in [3.8, 4) is 0 Å². The van der Waals surface area contributed by atoms with Crippen molar-refractivity contribution < 1.29 is 9.37 Å². The fourth-order valence-electron chi connectivity index (χ4n) is 3.93. The van der Waals surface area contributed by atoms with Gasteiger partial charge in [0.05, 0.1) is 18.4 Å². The maximum Gasteiger partial charge on any atom is 0.245 e. The van der Waals surface area contributed by atoms with E-state index < -0.39 is 0 Å². The van der Waals surface area contributed by atoms with Gasteiger partial charge >= 0.3 is 0 Å². The van der Waals surface area contributed by atoms with Gasteiger partial charge in [-0.15, -0.1) is 0 Å². The maximum absolute atomic E-state index is 6.15. The van der Waals surface area contributed by atoms with Crippen LogP contribution in [0, 0.1) is 0 Å². The third-order valence-electron chi connectivity index (χ3n) is 5.35. The Bertz CT molecular complexity index is 926. The molecule has 1 atom stereocenters. The molecule has 3 aromatic heterocycles. The highest BCUT2D eigenvalue weighted by molar-refractivity contribution is 5.75. The summed E-state index contributed by atoms with van der Waals surface area (Å²) in [6, 6.07) is 5.89. The summed E-state index contributed by atoms with van der Waals surface area (Å²) >= 11 is 0. The summed E-state index contributed by atoms with van der Waals surface area (Å²) < 4.78 is 11.0. The van der Waals surface area contributed by atoms with Gasteiger partial charge in [0.1, 0.15) is 0 Å². The Kier molecular flexibility index (Phi) is 4.74. The van der Waals surface area contributed by atoms with Crippen molar-refractivity contribution in [2.75, 3.05) is 36.0 Å². The maximum atomic E-state index is 6.15. The van der Waals surface area contributed by atoms with Crippen molar-refractivity contribution in [2.45, 2.75) is 38.4 Å². The number of pyridine rings is 1. The van der Waals surface area contributed by atoms with Crippen LogP contribution in [0.15, 0.2) is 29.0 Å². The standard InChI is InChI=1S/C19H23N7O2/c1-2-8-20-14(6-1)13-27-15-7-5-11-26(12-15)19-18(25-9-3-4-10-25)21-16-17(22-19)24-28-23-16/h1-2,6,8,15H,3-5,7,9-13H2/t15-/m0/s1. The van der Waals surface area contributed by atoms with Crippen LogP contribution in [0.1, 0.15) is 31.4 Å². The highest BCUT2D eigenvalue weighted by atomic mass is 16.6. The van der Waals surface area contributed by atoms with Crippen molar-refractivity contribution in [3.63, 3.8) is 0 Å². The fraction of sp³-hybridized carbons (Fsp3) is 0.526. The van der Waals surface area contributed by atoms with Gasteiger partial charge in [-0.3, -0.25) is 4.98 Å². The number of rotatable bonds is 5. The Morgan fingerprint density at radius 2 is 1.71 bits per heavy atom. The molecular formula is C19H23N7O2. The van der Waals surface area contributed by atoms with Crippen LogP contribution in [0.25, 0.3) is 11.3 Å². The van der Waals surface area contributed by atoms with E-state index in [2.05, 4.69) is 25.1 Å². The number of anilines is 2. The molecule has 9 nitrogen and oxygen atoms in total. The Hall–Kier alpha value is -2.81. The van der Waals surface area contributed by atoms with Gasteiger partial charge in [-0.2, -0.15) is 0 Å². The van der Waals surface area contributed by atoms with Crippen molar-refractivity contribution in [3.05, 3.63) is 30.1 Å². The van der Waals surface area contributed by atoms with E-state index in [0.29, 0.717) is 17.9 Å². The summed E-state index contributed by atoms with van der Waals surface area (Å²) in [5, 5.41) is 7.77. The first-order valence-electron chi connectivity index (χ1n) is 9.88. The van der Waals surface area contributed by atoms with Crippen molar-refractivity contribution in [1.82, 2.24) is 25.3 Å². The van der Waals surface area contributed by atoms with E-state index in [9.17, 15) is 0 Å². The van der Waals surface area contributed by atoms with E-state index in [0.717, 1.165) is 56.4 Å². The van der Waals surface area contributed by atoms with E-state index in [1.54, 1.807) is 6.20 Å². The van der Waals surface area contributed by atoms with E-state index in [1.165, 1.54) is 12.8 Å². The summed E-state index contributed by atoms with van der Waals surface area (Å²) in [5.41, 5.74) is 1.87. The topological polar surface area (TPSA) is 93.3 Å². The van der Waals surface area contributed by atoms with Crippen LogP contribution >= 0.6 is 0 Å². The molecule has 3 aromatic rings. The lowest BCUT2D eigenvalue weighted by atomic mass is 10.1. The van der Waals surface area contributed by atoms with Crippen molar-refractivity contribution in [1.29, 1.82) is 0 Å². The minimum absolute atomic E-state index is 0.134. The molecule has 28 heavy (non-hydrogen) atoms. The van der Waals surface area contributed by atoms with Crippen LogP contribution in [-0.2, 0) is 11.3 Å². The van der Waals surface area contributed by atoms with Gasteiger partial charge in [0.15, 0.2) is 11.6 Å². The second-order valence-corrected chi connectivity index (χ2v) is 7.32. The Labute approximate surface area is 162 Å². The number of fused-ring (bicyclic) bond motifs is 1. The highest BCUT2D eigenvalue weighted by Gasteiger charge is 2.28. The van der Waals surface area contributed by atoms with Crippen molar-refractivity contribution in [2.24, 2.45) is 0 Å². The van der Waals surface area contributed by atoms with E-state index >= 15 is 0 Å². The van der Waals surface area contributed by atoms with Gasteiger partial charge in [0.2, 0.25) is 11.3 Å². The SMILES string of the molecule is c1ccc(CO[C@H]2CCCN(c3nc4nonc4nc3N3CCCC3)C2)nc1. The molecule has 0 radical (unpaired) electrons. The van der Waals surface area contributed by atoms with Gasteiger partial charge in [0.25, 0.3) is 0 Å². The molecule has 0 aliphatic carbocycles. The average molecular weight is 381 g/mol. The van der Waals surface area contributed by atoms with Gasteiger partial charge in [-0.25, -0.2) is 14.6 Å². The van der Waals surface area contributed by atoms with Crippen LogP contribution in [-0.4, -0.2) is 57.5 Å². The third-order valence-corrected chi connectivity index (χ3v) is 5.35. The van der Waals surface area contributed by atoms with Crippen LogP contribution in [0.3, 0.4) is 0 Å². The number of ether oxygens (including phenoxy) is 1. The first kappa shape index (κ1) is 17.3. The van der Waals surface area contributed by atoms with Gasteiger partial charge < -0.3 is 14.5 Å². The van der Waals surface area contributed by atoms with E-state index in [-0.39, 0.29) is 6.10 Å². The van der Waals surface area contributed by atoms with Crippen LogP contribution in [0.4, 0.5) is 11.6 Å². The minimum atomic E-state index is 0.134. The molecule has 5 rings (SSSR count). The number of nitrogens with zero attached hydrogens (tertiary/aromatic N) is 7. The molecule has 146 valence electrons. The Morgan fingerprint density at radius 1 is 0.964 bits per heavy atom. The van der Waals surface area contributed by atoms with Gasteiger partial charge in [0, 0.05) is 32.4 Å². The van der Waals surface area contributed by atoms with Crippen LogP contribution in [0.2, 0.25) is 0 Å². The normalized spacial score (nSPS) is 20.2. The van der Waals surface area contributed by atoms with Crippen molar-refractivity contribution >= 4 is 22.9 Å². The van der Waals surface area contributed by atoms with E-state index in [4.69, 9.17) is 19.3 Å². The molecule has 9 heteroatoms. The number of hydrogen-bond donors (Lipinski definition) is 0. The summed E-state index contributed by atoms with van der Waals surface area (Å²) in [7, 11) is 0. The summed E-state index contributed by atoms with van der Waals surface area (Å²) in [4.78, 5) is 18.4. The predicted molar refractivity (Wildman–Crippen MR) is 103 cm³/mol. The summed E-state index contributed by atoms with van der Waals surface area (Å²) in [6.07, 6.45) is 6.35. The molecule has 2 aliphatic rings. The largest absolute Gasteiger partial charge is 0.370 e. The predicted octanol–water partition coefficient (Wildman–Crippen LogP) is 2.19. The molecule has 0 amide bonds. The van der Waals surface area contributed by atoms with Crippen LogP contribution < -0.4 is 9.80 Å². The fourth-order valence-corrected chi connectivity index (χ4v) is 3.93. The second kappa shape index (κ2) is 7.67. The first-order chi connectivity index (χ1) is 13.9. The first-order valence-corrected chi connectivity index (χ1v) is 9.88. The zero-order chi connectivity index (χ0) is 18.8. The molecule has 0 bridgehead atoms. The molecular weight excluding hydrogens is 358 g/mol. The van der Waals surface area contributed by atoms with Gasteiger partial charge in [-0.1, -0.05) is 6.07 Å². The number of piperidine rings is 1. The molecule has 0 spiro atoms. The molecule has 0 saturated carbocycles. The zero-order valence-electron chi connectivity index (χ0n) is 15.7. The zero-order valence-corrected chi connectivity index (χ0v) is 15.7. The Balaban J connectivity index is 1.37. The average Bonchev–Trinajstić information content (AvgIpc) is 3.44. The summed E-state index contributed by atoms with van der Waals surface area (Å²) in [5.74, 6) is 1.74. The molecule has 0 aromatic carbocycles. The summed E-state index contributed by atoms with van der Waals surface area (Å²) in [6.45, 7) is 4.21. The molecule has 2 saturated heterocycles. The molecule has 2 fully saturated rings. The lowest BCUT2D eigenvalue weighted by Crippen LogP contribution is -2.41. The monoisotopic (exact) mass is 381 g/mol. The lowest BCUT2D eigenvalue weighted by Gasteiger charge is -2.35. The molecule has 5 heterocycles. The smallest absolute Gasteiger partial charge is 0.245 e. The second-order valence-electron chi connectivity index (χ2n) is 7.32.